The van der Waals surface area contributed by atoms with E-state index >= 15 is 0 Å². The second-order valence-electron chi connectivity index (χ2n) is 5.36. The van der Waals surface area contributed by atoms with Crippen molar-refractivity contribution in [3.8, 4) is 0 Å². The van der Waals surface area contributed by atoms with Crippen LogP contribution in [0.25, 0.3) is 0 Å². The molecule has 0 spiro atoms. The number of carboxylic acid groups (broad SMARTS) is 1. The van der Waals surface area contributed by atoms with Crippen LogP contribution in [-0.2, 0) is 9.59 Å². The number of likely N-dealkylation sites (N-methyl/N-ethyl adjacent to an activating group) is 1. The van der Waals surface area contributed by atoms with E-state index in [-0.39, 0.29) is 5.91 Å². The average molecular weight is 268 g/mol. The molecule has 0 fully saturated rings. The van der Waals surface area contributed by atoms with Gasteiger partial charge in [0, 0.05) is 19.1 Å². The summed E-state index contributed by atoms with van der Waals surface area (Å²) in [5, 5.41) is 12.0. The molecule has 5 nitrogen and oxygen atoms in total. The maximum absolute atomic E-state index is 12.0. The summed E-state index contributed by atoms with van der Waals surface area (Å²) < 4.78 is 0. The number of hydrogen-bond donors (Lipinski definition) is 2. The van der Waals surface area contributed by atoms with Gasteiger partial charge in [-0.2, -0.15) is 0 Å². The van der Waals surface area contributed by atoms with Crippen molar-refractivity contribution >= 4 is 11.9 Å². The number of carboxylic acids is 1. The first-order chi connectivity index (χ1) is 8.93. The van der Waals surface area contributed by atoms with Gasteiger partial charge in [-0.15, -0.1) is 0 Å². The molecular weight excluding hydrogens is 244 g/mol. The molecule has 1 rings (SSSR count). The largest absolute Gasteiger partial charge is 0.481 e. The van der Waals surface area contributed by atoms with E-state index in [1.807, 2.05) is 19.2 Å². The quantitative estimate of drug-likeness (QED) is 0.708. The minimum Gasteiger partial charge on any atom is -0.481 e. The van der Waals surface area contributed by atoms with Gasteiger partial charge in [-0.25, -0.2) is 0 Å². The minimum absolute atomic E-state index is 0.145. The second-order valence-corrected chi connectivity index (χ2v) is 5.36. The van der Waals surface area contributed by atoms with Crippen molar-refractivity contribution in [1.29, 1.82) is 0 Å². The zero-order valence-electron chi connectivity index (χ0n) is 11.9. The van der Waals surface area contributed by atoms with Crippen molar-refractivity contribution in [2.45, 2.75) is 32.7 Å². The van der Waals surface area contributed by atoms with Gasteiger partial charge >= 0.3 is 5.97 Å². The molecule has 0 radical (unpaired) electrons. The molecule has 0 heterocycles. The molecular formula is C14H24N2O3. The zero-order chi connectivity index (χ0) is 14.4. The molecule has 5 heteroatoms. The maximum atomic E-state index is 12.0. The molecule has 0 saturated carbocycles. The van der Waals surface area contributed by atoms with Crippen molar-refractivity contribution in [3.05, 3.63) is 12.2 Å². The monoisotopic (exact) mass is 268 g/mol. The Morgan fingerprint density at radius 2 is 1.89 bits per heavy atom. The third kappa shape index (κ3) is 4.67. The van der Waals surface area contributed by atoms with Gasteiger partial charge < -0.3 is 15.3 Å². The van der Waals surface area contributed by atoms with Gasteiger partial charge in [0.1, 0.15) is 0 Å². The number of allylic oxidation sites excluding steroid dienone is 2. The van der Waals surface area contributed by atoms with Crippen LogP contribution in [0.5, 0.6) is 0 Å². The van der Waals surface area contributed by atoms with E-state index in [1.54, 1.807) is 0 Å². The second kappa shape index (κ2) is 7.28. The lowest BCUT2D eigenvalue weighted by molar-refractivity contribution is -0.147. The lowest BCUT2D eigenvalue weighted by Gasteiger charge is -2.25. The Kier molecular flexibility index (Phi) is 6.02. The third-order valence-electron chi connectivity index (χ3n) is 3.73. The number of amides is 1. The van der Waals surface area contributed by atoms with Gasteiger partial charge in [-0.1, -0.05) is 12.2 Å². The molecule has 19 heavy (non-hydrogen) atoms. The topological polar surface area (TPSA) is 69.6 Å². The number of rotatable bonds is 6. The predicted octanol–water partition coefficient (Wildman–Crippen LogP) is 1.11. The van der Waals surface area contributed by atoms with Crippen LogP contribution in [0.2, 0.25) is 0 Å². The summed E-state index contributed by atoms with van der Waals surface area (Å²) >= 11 is 0. The Labute approximate surface area is 114 Å². The van der Waals surface area contributed by atoms with Crippen molar-refractivity contribution in [1.82, 2.24) is 10.2 Å². The van der Waals surface area contributed by atoms with Crippen LogP contribution in [0.3, 0.4) is 0 Å². The van der Waals surface area contributed by atoms with Crippen molar-refractivity contribution in [2.24, 2.45) is 11.8 Å². The first kappa shape index (κ1) is 15.7. The summed E-state index contributed by atoms with van der Waals surface area (Å²) in [6, 6.07) is 0.432. The van der Waals surface area contributed by atoms with Gasteiger partial charge in [0.25, 0.3) is 0 Å². The number of nitrogens with one attached hydrogen (secondary N) is 1. The molecule has 1 aliphatic rings. The summed E-state index contributed by atoms with van der Waals surface area (Å²) in [6.45, 7) is 5.51. The van der Waals surface area contributed by atoms with Crippen LogP contribution < -0.4 is 5.32 Å². The van der Waals surface area contributed by atoms with E-state index in [0.717, 1.165) is 6.54 Å². The SMILES string of the molecule is CC(C)N(C)CCNC(=O)[C@@H]1CC=CC[C@@H]1C(=O)O. The Morgan fingerprint density at radius 1 is 1.32 bits per heavy atom. The number of carbonyl (C=O) groups excluding carboxylic acids is 1. The van der Waals surface area contributed by atoms with Crippen LogP contribution in [0.4, 0.5) is 0 Å². The van der Waals surface area contributed by atoms with E-state index < -0.39 is 17.8 Å². The van der Waals surface area contributed by atoms with Crippen LogP contribution in [-0.4, -0.2) is 48.1 Å². The molecule has 0 aromatic rings. The Bertz CT molecular complexity index is 353. The fraction of sp³-hybridized carbons (Fsp3) is 0.714. The predicted molar refractivity (Wildman–Crippen MR) is 73.8 cm³/mol. The third-order valence-corrected chi connectivity index (χ3v) is 3.73. The average Bonchev–Trinajstić information content (AvgIpc) is 2.38. The summed E-state index contributed by atoms with van der Waals surface area (Å²) in [6.07, 6.45) is 4.70. The highest BCUT2D eigenvalue weighted by Gasteiger charge is 2.33. The fourth-order valence-electron chi connectivity index (χ4n) is 2.12. The molecule has 0 unspecified atom stereocenters. The zero-order valence-corrected chi connectivity index (χ0v) is 11.9. The summed E-state index contributed by atoms with van der Waals surface area (Å²) in [5.41, 5.74) is 0. The fourth-order valence-corrected chi connectivity index (χ4v) is 2.12. The van der Waals surface area contributed by atoms with E-state index in [1.165, 1.54) is 0 Å². The number of hydrogen-bond acceptors (Lipinski definition) is 3. The Balaban J connectivity index is 2.44. The Morgan fingerprint density at radius 3 is 2.42 bits per heavy atom. The van der Waals surface area contributed by atoms with E-state index in [0.29, 0.717) is 25.4 Å². The smallest absolute Gasteiger partial charge is 0.307 e. The molecule has 0 bridgehead atoms. The van der Waals surface area contributed by atoms with Crippen LogP contribution in [0, 0.1) is 11.8 Å². The number of carbonyl (C=O) groups is 2. The van der Waals surface area contributed by atoms with E-state index in [4.69, 9.17) is 5.11 Å². The normalized spacial score (nSPS) is 22.8. The lowest BCUT2D eigenvalue weighted by Crippen LogP contribution is -2.42. The molecule has 2 N–H and O–H groups in total. The van der Waals surface area contributed by atoms with Crippen LogP contribution in [0.15, 0.2) is 12.2 Å². The number of aliphatic carboxylic acids is 1. The van der Waals surface area contributed by atoms with Crippen LogP contribution in [0.1, 0.15) is 26.7 Å². The first-order valence-electron chi connectivity index (χ1n) is 6.79. The van der Waals surface area contributed by atoms with Gasteiger partial charge in [0.15, 0.2) is 0 Å². The molecule has 0 aromatic carbocycles. The van der Waals surface area contributed by atoms with E-state index in [9.17, 15) is 9.59 Å². The van der Waals surface area contributed by atoms with Gasteiger partial charge in [0.2, 0.25) is 5.91 Å². The Hall–Kier alpha value is -1.36. The van der Waals surface area contributed by atoms with Crippen molar-refractivity contribution in [2.75, 3.05) is 20.1 Å². The molecule has 1 aliphatic carbocycles. The highest BCUT2D eigenvalue weighted by Crippen LogP contribution is 2.25. The summed E-state index contributed by atoms with van der Waals surface area (Å²) in [7, 11) is 2.00. The lowest BCUT2D eigenvalue weighted by atomic mass is 9.82. The first-order valence-corrected chi connectivity index (χ1v) is 6.79. The maximum Gasteiger partial charge on any atom is 0.307 e. The number of nitrogens with zero attached hydrogens (tertiary/aromatic N) is 1. The molecule has 0 aromatic heterocycles. The summed E-state index contributed by atoms with van der Waals surface area (Å²) in [4.78, 5) is 25.3. The van der Waals surface area contributed by atoms with Gasteiger partial charge in [0.05, 0.1) is 11.8 Å². The molecule has 0 aliphatic heterocycles. The van der Waals surface area contributed by atoms with Gasteiger partial charge in [-0.05, 0) is 33.7 Å². The molecule has 108 valence electrons. The van der Waals surface area contributed by atoms with Crippen molar-refractivity contribution in [3.63, 3.8) is 0 Å². The minimum atomic E-state index is -0.885. The molecule has 1 amide bonds. The standard InChI is InChI=1S/C14H24N2O3/c1-10(2)16(3)9-8-15-13(17)11-6-4-5-7-12(11)14(18)19/h4-5,10-12H,6-9H2,1-3H3,(H,15,17)(H,18,19)/t11-,12+/m1/s1. The van der Waals surface area contributed by atoms with Gasteiger partial charge in [-0.3, -0.25) is 9.59 Å². The molecule has 2 atom stereocenters. The highest BCUT2D eigenvalue weighted by atomic mass is 16.4. The van der Waals surface area contributed by atoms with E-state index in [2.05, 4.69) is 24.1 Å². The highest BCUT2D eigenvalue weighted by molar-refractivity contribution is 5.85. The summed E-state index contributed by atoms with van der Waals surface area (Å²) in [5.74, 6) is -2.06. The molecule has 0 saturated heterocycles. The van der Waals surface area contributed by atoms with Crippen molar-refractivity contribution < 1.29 is 14.7 Å². The van der Waals surface area contributed by atoms with Crippen LogP contribution >= 0.6 is 0 Å².